The van der Waals surface area contributed by atoms with Crippen LogP contribution in [0, 0.1) is 6.92 Å². The van der Waals surface area contributed by atoms with Crippen molar-refractivity contribution in [2.24, 2.45) is 0 Å². The van der Waals surface area contributed by atoms with Crippen LogP contribution in [0.4, 0.5) is 0 Å². The molecule has 0 saturated heterocycles. The molecule has 1 unspecified atom stereocenters. The van der Waals surface area contributed by atoms with Gasteiger partial charge in [-0.2, -0.15) is 0 Å². The predicted molar refractivity (Wildman–Crippen MR) is 87.6 cm³/mol. The van der Waals surface area contributed by atoms with E-state index in [1.807, 2.05) is 0 Å². The Bertz CT molecular complexity index is 368. The van der Waals surface area contributed by atoms with E-state index in [9.17, 15) is 0 Å². The second-order valence-corrected chi connectivity index (χ2v) is 5.37. The van der Waals surface area contributed by atoms with Crippen molar-refractivity contribution in [3.8, 4) is 0 Å². The van der Waals surface area contributed by atoms with E-state index >= 15 is 0 Å². The number of hydrogen-bond acceptors (Lipinski definition) is 4. The topological polar surface area (TPSA) is 44.7 Å². The van der Waals surface area contributed by atoms with Crippen molar-refractivity contribution in [1.29, 1.82) is 0 Å². The standard InChI is InChI=1S/C17H30N2O2/c1-4-18-17(16-7-5-15(2)6-8-16)9-10-19(11-13-20)12-14-21-3/h5-8,17-18,20H,4,9-14H2,1-3H3. The lowest BCUT2D eigenvalue weighted by molar-refractivity contribution is 0.127. The first-order chi connectivity index (χ1) is 10.2. The van der Waals surface area contributed by atoms with Crippen molar-refractivity contribution in [3.05, 3.63) is 35.4 Å². The van der Waals surface area contributed by atoms with Gasteiger partial charge < -0.3 is 15.2 Å². The van der Waals surface area contributed by atoms with Crippen LogP contribution < -0.4 is 5.32 Å². The first-order valence-corrected chi connectivity index (χ1v) is 7.83. The molecular weight excluding hydrogens is 264 g/mol. The molecule has 0 radical (unpaired) electrons. The van der Waals surface area contributed by atoms with Crippen LogP contribution >= 0.6 is 0 Å². The first kappa shape index (κ1) is 18.1. The number of hydrogen-bond donors (Lipinski definition) is 2. The van der Waals surface area contributed by atoms with Crippen molar-refractivity contribution >= 4 is 0 Å². The van der Waals surface area contributed by atoms with E-state index in [-0.39, 0.29) is 6.61 Å². The molecule has 0 bridgehead atoms. The largest absolute Gasteiger partial charge is 0.395 e. The molecule has 4 heteroatoms. The fraction of sp³-hybridized carbons (Fsp3) is 0.647. The number of aliphatic hydroxyl groups is 1. The van der Waals surface area contributed by atoms with Crippen LogP contribution in [0.1, 0.15) is 30.5 Å². The quantitative estimate of drug-likeness (QED) is 0.655. The molecule has 0 amide bonds. The zero-order valence-corrected chi connectivity index (χ0v) is 13.6. The molecule has 0 spiro atoms. The maximum Gasteiger partial charge on any atom is 0.0589 e. The third-order valence-corrected chi connectivity index (χ3v) is 3.69. The Morgan fingerprint density at radius 2 is 1.90 bits per heavy atom. The van der Waals surface area contributed by atoms with Crippen LogP contribution in [0.5, 0.6) is 0 Å². The monoisotopic (exact) mass is 294 g/mol. The van der Waals surface area contributed by atoms with Gasteiger partial charge in [-0.15, -0.1) is 0 Å². The van der Waals surface area contributed by atoms with Crippen LogP contribution in [0.3, 0.4) is 0 Å². The molecule has 4 nitrogen and oxygen atoms in total. The number of nitrogens with one attached hydrogen (secondary N) is 1. The molecule has 0 aliphatic rings. The molecule has 1 atom stereocenters. The molecule has 0 aliphatic heterocycles. The van der Waals surface area contributed by atoms with Gasteiger partial charge >= 0.3 is 0 Å². The minimum absolute atomic E-state index is 0.195. The SMILES string of the molecule is CCNC(CCN(CCO)CCOC)c1ccc(C)cc1. The Kier molecular flexibility index (Phi) is 9.26. The summed E-state index contributed by atoms with van der Waals surface area (Å²) >= 11 is 0. The highest BCUT2D eigenvalue weighted by molar-refractivity contribution is 5.24. The summed E-state index contributed by atoms with van der Waals surface area (Å²) in [4.78, 5) is 2.25. The Hall–Kier alpha value is -0.940. The minimum Gasteiger partial charge on any atom is -0.395 e. The highest BCUT2D eigenvalue weighted by Gasteiger charge is 2.12. The number of methoxy groups -OCH3 is 1. The van der Waals surface area contributed by atoms with Gasteiger partial charge in [0.15, 0.2) is 0 Å². The molecular formula is C17H30N2O2. The number of ether oxygens (including phenoxy) is 1. The molecule has 21 heavy (non-hydrogen) atoms. The summed E-state index contributed by atoms with van der Waals surface area (Å²) in [5.74, 6) is 0. The van der Waals surface area contributed by atoms with Gasteiger partial charge in [0, 0.05) is 32.8 Å². The van der Waals surface area contributed by atoms with Crippen LogP contribution in [0.25, 0.3) is 0 Å². The van der Waals surface area contributed by atoms with Crippen LogP contribution in [0.15, 0.2) is 24.3 Å². The highest BCUT2D eigenvalue weighted by atomic mass is 16.5. The molecule has 0 fully saturated rings. The third-order valence-electron chi connectivity index (χ3n) is 3.69. The fourth-order valence-electron chi connectivity index (χ4n) is 2.44. The van der Waals surface area contributed by atoms with Crippen molar-refractivity contribution in [2.75, 3.05) is 46.5 Å². The summed E-state index contributed by atoms with van der Waals surface area (Å²) in [5, 5.41) is 12.7. The molecule has 0 heterocycles. The minimum atomic E-state index is 0.195. The van der Waals surface area contributed by atoms with Crippen molar-refractivity contribution < 1.29 is 9.84 Å². The number of rotatable bonds is 11. The van der Waals surface area contributed by atoms with Crippen LogP contribution in [0.2, 0.25) is 0 Å². The lowest BCUT2D eigenvalue weighted by Gasteiger charge is -2.25. The molecule has 1 rings (SSSR count). The summed E-state index contributed by atoms with van der Waals surface area (Å²) in [5.41, 5.74) is 2.62. The molecule has 120 valence electrons. The van der Waals surface area contributed by atoms with E-state index < -0.39 is 0 Å². The van der Waals surface area contributed by atoms with E-state index in [4.69, 9.17) is 9.84 Å². The zero-order valence-electron chi connectivity index (χ0n) is 13.6. The van der Waals surface area contributed by atoms with E-state index in [1.165, 1.54) is 11.1 Å². The lowest BCUT2D eigenvalue weighted by atomic mass is 10.0. The van der Waals surface area contributed by atoms with Crippen LogP contribution in [-0.2, 0) is 4.74 Å². The van der Waals surface area contributed by atoms with E-state index in [2.05, 4.69) is 48.3 Å². The van der Waals surface area contributed by atoms with Gasteiger partial charge in [0.1, 0.15) is 0 Å². The van der Waals surface area contributed by atoms with Crippen molar-refractivity contribution in [1.82, 2.24) is 10.2 Å². The first-order valence-electron chi connectivity index (χ1n) is 7.83. The summed E-state index contributed by atoms with van der Waals surface area (Å²) in [6.07, 6.45) is 1.03. The third kappa shape index (κ3) is 7.05. The number of benzene rings is 1. The second-order valence-electron chi connectivity index (χ2n) is 5.37. The number of aliphatic hydroxyl groups excluding tert-OH is 1. The highest BCUT2D eigenvalue weighted by Crippen LogP contribution is 2.18. The fourth-order valence-corrected chi connectivity index (χ4v) is 2.44. The van der Waals surface area contributed by atoms with E-state index in [0.29, 0.717) is 19.2 Å². The summed E-state index contributed by atoms with van der Waals surface area (Å²) in [6.45, 7) is 8.62. The number of aryl methyl sites for hydroxylation is 1. The predicted octanol–water partition coefficient (Wildman–Crippen LogP) is 1.98. The normalized spacial score (nSPS) is 12.8. The van der Waals surface area contributed by atoms with Gasteiger partial charge in [0.25, 0.3) is 0 Å². The average molecular weight is 294 g/mol. The Morgan fingerprint density at radius 1 is 1.19 bits per heavy atom. The molecule has 1 aromatic rings. The van der Waals surface area contributed by atoms with E-state index in [0.717, 1.165) is 26.1 Å². The second kappa shape index (κ2) is 10.7. The van der Waals surface area contributed by atoms with Gasteiger partial charge in [-0.3, -0.25) is 4.90 Å². The maximum atomic E-state index is 9.15. The van der Waals surface area contributed by atoms with Crippen molar-refractivity contribution in [2.45, 2.75) is 26.3 Å². The Morgan fingerprint density at radius 3 is 2.48 bits per heavy atom. The molecule has 1 aromatic carbocycles. The van der Waals surface area contributed by atoms with Crippen LogP contribution in [-0.4, -0.2) is 56.5 Å². The Balaban J connectivity index is 2.57. The summed E-state index contributed by atoms with van der Waals surface area (Å²) in [6, 6.07) is 9.09. The van der Waals surface area contributed by atoms with Gasteiger partial charge in [0.05, 0.1) is 13.2 Å². The molecule has 0 aromatic heterocycles. The van der Waals surface area contributed by atoms with Gasteiger partial charge in [-0.05, 0) is 25.5 Å². The summed E-state index contributed by atoms with van der Waals surface area (Å²) in [7, 11) is 1.71. The van der Waals surface area contributed by atoms with Gasteiger partial charge in [-0.25, -0.2) is 0 Å². The molecule has 0 saturated carbocycles. The van der Waals surface area contributed by atoms with E-state index in [1.54, 1.807) is 7.11 Å². The Labute approximate surface area is 129 Å². The van der Waals surface area contributed by atoms with Gasteiger partial charge in [0.2, 0.25) is 0 Å². The molecule has 0 aliphatic carbocycles. The lowest BCUT2D eigenvalue weighted by Crippen LogP contribution is -2.34. The van der Waals surface area contributed by atoms with Gasteiger partial charge in [-0.1, -0.05) is 36.8 Å². The smallest absolute Gasteiger partial charge is 0.0589 e. The molecule has 2 N–H and O–H groups in total. The zero-order chi connectivity index (χ0) is 15.5. The average Bonchev–Trinajstić information content (AvgIpc) is 2.49. The maximum absolute atomic E-state index is 9.15. The summed E-state index contributed by atoms with van der Waals surface area (Å²) < 4.78 is 5.13. The number of nitrogens with zero attached hydrogens (tertiary/aromatic N) is 1. The van der Waals surface area contributed by atoms with Crippen molar-refractivity contribution in [3.63, 3.8) is 0 Å².